The van der Waals surface area contributed by atoms with E-state index >= 15 is 0 Å². The maximum atomic E-state index is 14.7. The Labute approximate surface area is 235 Å². The molecule has 7 nitrogen and oxygen atoms in total. The second kappa shape index (κ2) is 11.5. The van der Waals surface area contributed by atoms with E-state index in [2.05, 4.69) is 21.3 Å². The maximum Gasteiger partial charge on any atom is 0.326 e. The Morgan fingerprint density at radius 2 is 2.10 bits per heavy atom. The van der Waals surface area contributed by atoms with Crippen molar-refractivity contribution in [1.29, 1.82) is 5.26 Å². The van der Waals surface area contributed by atoms with Crippen molar-refractivity contribution in [3.8, 4) is 11.8 Å². The molecule has 2 aromatic carbocycles. The lowest BCUT2D eigenvalue weighted by molar-refractivity contribution is 0.240. The lowest BCUT2D eigenvalue weighted by Crippen LogP contribution is -2.34. The van der Waals surface area contributed by atoms with Crippen LogP contribution >= 0.6 is 23.2 Å². The van der Waals surface area contributed by atoms with Gasteiger partial charge in [-0.2, -0.15) is 5.26 Å². The number of benzene rings is 2. The van der Waals surface area contributed by atoms with E-state index in [0.717, 1.165) is 22.2 Å². The molecule has 0 fully saturated rings. The Balaban J connectivity index is 1.39. The van der Waals surface area contributed by atoms with Gasteiger partial charge in [-0.1, -0.05) is 47.5 Å². The van der Waals surface area contributed by atoms with E-state index in [4.69, 9.17) is 27.9 Å². The Hall–Kier alpha value is -3.90. The largest absolute Gasteiger partial charge is 0.492 e. The number of carbonyl (C=O) groups is 1. The topological polar surface area (TPSA) is 83.2 Å². The van der Waals surface area contributed by atoms with Gasteiger partial charge >= 0.3 is 6.03 Å². The van der Waals surface area contributed by atoms with E-state index in [9.17, 15) is 14.4 Å². The summed E-state index contributed by atoms with van der Waals surface area (Å²) in [6.45, 7) is 2.19. The fourth-order valence-corrected chi connectivity index (χ4v) is 5.29. The number of amides is 1. The average Bonchev–Trinajstić information content (AvgIpc) is 3.26. The summed E-state index contributed by atoms with van der Waals surface area (Å²) >= 11 is 12.0. The van der Waals surface area contributed by atoms with Crippen LogP contribution in [0.2, 0.25) is 10.2 Å². The van der Waals surface area contributed by atoms with Gasteiger partial charge in [0.05, 0.1) is 29.3 Å². The minimum absolute atomic E-state index is 0.0243. The third-order valence-electron chi connectivity index (χ3n) is 6.74. The summed E-state index contributed by atoms with van der Waals surface area (Å²) in [7, 11) is 1.38. The predicted octanol–water partition coefficient (Wildman–Crippen LogP) is 6.19. The van der Waals surface area contributed by atoms with Crippen LogP contribution in [0, 0.1) is 17.1 Å². The monoisotopic (exact) mass is 563 g/mol. The highest BCUT2D eigenvalue weighted by Crippen LogP contribution is 2.32. The number of nitrogens with one attached hydrogen (secondary N) is 1. The average molecular weight is 564 g/mol. The second-order valence-corrected chi connectivity index (χ2v) is 9.92. The van der Waals surface area contributed by atoms with Crippen molar-refractivity contribution in [2.75, 3.05) is 20.2 Å². The first-order valence-electron chi connectivity index (χ1n) is 12.3. The number of ether oxygens (including phenoxy) is 1. The van der Waals surface area contributed by atoms with Crippen molar-refractivity contribution in [2.24, 2.45) is 0 Å². The highest BCUT2D eigenvalue weighted by atomic mass is 35.5. The molecular weight excluding hydrogens is 540 g/mol. The first-order chi connectivity index (χ1) is 18.9. The van der Waals surface area contributed by atoms with Gasteiger partial charge in [0.1, 0.15) is 5.15 Å². The van der Waals surface area contributed by atoms with Gasteiger partial charge < -0.3 is 10.1 Å². The van der Waals surface area contributed by atoms with Gasteiger partial charge in [0.15, 0.2) is 11.6 Å². The SMILES string of the molecule is COc1c(Cl)ccc(/C=C/CN2CCc3c(c4ccc(C#N)cc4n3C(=O)NCc3ccnc(Cl)c3)C2)c1F. The van der Waals surface area contributed by atoms with Crippen LogP contribution in [0.15, 0.2) is 54.7 Å². The van der Waals surface area contributed by atoms with Crippen molar-refractivity contribution >= 4 is 46.2 Å². The molecule has 39 heavy (non-hydrogen) atoms. The van der Waals surface area contributed by atoms with Crippen LogP contribution in [0.25, 0.3) is 17.0 Å². The van der Waals surface area contributed by atoms with Crippen LogP contribution in [-0.2, 0) is 19.5 Å². The molecule has 0 aliphatic carbocycles. The van der Waals surface area contributed by atoms with Crippen molar-refractivity contribution < 1.29 is 13.9 Å². The molecule has 0 bridgehead atoms. The van der Waals surface area contributed by atoms with E-state index in [0.29, 0.717) is 47.9 Å². The zero-order valence-corrected chi connectivity index (χ0v) is 22.6. The summed E-state index contributed by atoms with van der Waals surface area (Å²) in [5.41, 5.74) is 4.35. The number of nitrogens with zero attached hydrogens (tertiary/aromatic N) is 4. The lowest BCUT2D eigenvalue weighted by atomic mass is 10.0. The molecule has 0 saturated heterocycles. The number of hydrogen-bond donors (Lipinski definition) is 1. The van der Waals surface area contributed by atoms with Gasteiger partial charge in [0.25, 0.3) is 0 Å². The van der Waals surface area contributed by atoms with Gasteiger partial charge in [-0.15, -0.1) is 0 Å². The van der Waals surface area contributed by atoms with Crippen LogP contribution < -0.4 is 10.1 Å². The molecule has 1 aliphatic rings. The van der Waals surface area contributed by atoms with E-state index in [1.54, 1.807) is 53.2 Å². The molecular formula is C29H24Cl2FN5O2. The molecule has 1 N–H and O–H groups in total. The zero-order chi connectivity index (χ0) is 27.5. The predicted molar refractivity (Wildman–Crippen MR) is 150 cm³/mol. The van der Waals surface area contributed by atoms with Crippen molar-refractivity contribution in [3.63, 3.8) is 0 Å². The number of fused-ring (bicyclic) bond motifs is 3. The van der Waals surface area contributed by atoms with Crippen molar-refractivity contribution in [2.45, 2.75) is 19.5 Å². The number of hydrogen-bond acceptors (Lipinski definition) is 5. The number of carbonyl (C=O) groups excluding carboxylic acids is 1. The van der Waals surface area contributed by atoms with Crippen LogP contribution in [0.5, 0.6) is 5.75 Å². The molecule has 0 saturated carbocycles. The van der Waals surface area contributed by atoms with Gasteiger partial charge in [0, 0.05) is 55.4 Å². The number of methoxy groups -OCH3 is 1. The van der Waals surface area contributed by atoms with Gasteiger partial charge in [-0.3, -0.25) is 9.47 Å². The van der Waals surface area contributed by atoms with Crippen LogP contribution in [-0.4, -0.2) is 40.7 Å². The van der Waals surface area contributed by atoms with E-state index in [1.807, 2.05) is 12.1 Å². The van der Waals surface area contributed by atoms with Gasteiger partial charge in [-0.25, -0.2) is 14.2 Å². The number of aromatic nitrogens is 2. The Morgan fingerprint density at radius 1 is 1.26 bits per heavy atom. The Bertz CT molecular complexity index is 1640. The zero-order valence-electron chi connectivity index (χ0n) is 21.0. The minimum atomic E-state index is -0.501. The number of nitriles is 1. The number of halogens is 3. The van der Waals surface area contributed by atoms with Crippen molar-refractivity contribution in [1.82, 2.24) is 19.8 Å². The Kier molecular flexibility index (Phi) is 7.84. The quantitative estimate of drug-likeness (QED) is 0.283. The summed E-state index contributed by atoms with van der Waals surface area (Å²) in [4.78, 5) is 19.6. The molecule has 3 heterocycles. The summed E-state index contributed by atoms with van der Waals surface area (Å²) < 4.78 is 21.4. The minimum Gasteiger partial charge on any atom is -0.492 e. The fraction of sp³-hybridized carbons (Fsp3) is 0.207. The third kappa shape index (κ3) is 5.48. The molecule has 0 spiro atoms. The highest BCUT2D eigenvalue weighted by molar-refractivity contribution is 6.32. The van der Waals surface area contributed by atoms with E-state index in [1.165, 1.54) is 7.11 Å². The summed E-state index contributed by atoms with van der Waals surface area (Å²) in [5, 5.41) is 13.9. The van der Waals surface area contributed by atoms with E-state index < -0.39 is 5.82 Å². The van der Waals surface area contributed by atoms with Gasteiger partial charge in [-0.05, 0) is 41.5 Å². The molecule has 1 amide bonds. The summed E-state index contributed by atoms with van der Waals surface area (Å²) in [6, 6.07) is 14.0. The first kappa shape index (κ1) is 26.7. The van der Waals surface area contributed by atoms with Crippen LogP contribution in [0.4, 0.5) is 9.18 Å². The standard InChI is InChI=1S/C29H24Cl2FN5O2/c1-39-28-23(30)7-5-20(27(28)32)3-2-11-36-12-9-24-22(17-36)21-6-4-18(15-33)13-25(21)37(24)29(38)35-16-19-8-10-34-26(31)14-19/h2-8,10,13-14H,9,11-12,16-17H2,1H3,(H,35,38)/b3-2+. The van der Waals surface area contributed by atoms with Crippen LogP contribution in [0.1, 0.15) is 27.9 Å². The highest BCUT2D eigenvalue weighted by Gasteiger charge is 2.26. The van der Waals surface area contributed by atoms with Crippen molar-refractivity contribution in [3.05, 3.63) is 98.7 Å². The van der Waals surface area contributed by atoms with Gasteiger partial charge in [0.2, 0.25) is 0 Å². The molecule has 5 rings (SSSR count). The number of pyridine rings is 1. The van der Waals surface area contributed by atoms with Crippen LogP contribution in [0.3, 0.4) is 0 Å². The molecule has 2 aromatic heterocycles. The molecule has 0 atom stereocenters. The third-order valence-corrected chi connectivity index (χ3v) is 7.24. The molecule has 4 aromatic rings. The first-order valence-corrected chi connectivity index (χ1v) is 13.0. The summed E-state index contributed by atoms with van der Waals surface area (Å²) in [5.74, 6) is -0.477. The van der Waals surface area contributed by atoms with E-state index in [-0.39, 0.29) is 23.3 Å². The number of rotatable bonds is 6. The molecule has 0 unspecified atom stereocenters. The Morgan fingerprint density at radius 3 is 2.87 bits per heavy atom. The second-order valence-electron chi connectivity index (χ2n) is 9.12. The summed E-state index contributed by atoms with van der Waals surface area (Å²) in [6.07, 6.45) is 5.84. The molecule has 10 heteroatoms. The lowest BCUT2D eigenvalue weighted by Gasteiger charge is -2.27. The smallest absolute Gasteiger partial charge is 0.326 e. The molecule has 198 valence electrons. The molecule has 1 aliphatic heterocycles. The maximum absolute atomic E-state index is 14.7. The molecule has 0 radical (unpaired) electrons. The normalized spacial score (nSPS) is 13.4. The fourth-order valence-electron chi connectivity index (χ4n) is 4.87.